The van der Waals surface area contributed by atoms with Crippen LogP contribution in [0.4, 0.5) is 0 Å². The number of amides is 1. The summed E-state index contributed by atoms with van der Waals surface area (Å²) in [5, 5.41) is 0.965. The van der Waals surface area contributed by atoms with Crippen LogP contribution in [0.2, 0.25) is 0 Å². The molecule has 0 bridgehead atoms. The van der Waals surface area contributed by atoms with Gasteiger partial charge in [-0.05, 0) is 46.5 Å². The van der Waals surface area contributed by atoms with Crippen LogP contribution in [0.5, 0.6) is 0 Å². The smallest absolute Gasteiger partial charge is 0.265 e. The van der Waals surface area contributed by atoms with Gasteiger partial charge in [-0.3, -0.25) is 4.79 Å². The van der Waals surface area contributed by atoms with E-state index in [1.807, 2.05) is 24.9 Å². The molecule has 0 radical (unpaired) electrons. The van der Waals surface area contributed by atoms with Crippen molar-refractivity contribution in [1.29, 1.82) is 0 Å². The van der Waals surface area contributed by atoms with Crippen molar-refractivity contribution >= 4 is 17.2 Å². The molecule has 124 valence electrons. The number of imidazole rings is 1. The number of aryl methyl sites for hydroxylation is 4. The largest absolute Gasteiger partial charge is 0.338 e. The molecule has 2 aromatic heterocycles. The van der Waals surface area contributed by atoms with Crippen LogP contribution in [-0.4, -0.2) is 38.4 Å². The lowest BCUT2D eigenvalue weighted by Crippen LogP contribution is -2.39. The second kappa shape index (κ2) is 6.43. The monoisotopic (exact) mass is 332 g/mol. The number of hydrogen-bond acceptors (Lipinski definition) is 4. The van der Waals surface area contributed by atoms with Crippen molar-refractivity contribution in [3.63, 3.8) is 0 Å². The number of hydrogen-bond donors (Lipinski definition) is 0. The third-order valence-corrected chi connectivity index (χ3v) is 5.76. The maximum Gasteiger partial charge on any atom is 0.265 e. The number of rotatable bonds is 3. The first-order valence-corrected chi connectivity index (χ1v) is 8.99. The third-order valence-electron chi connectivity index (χ3n) is 4.69. The second-order valence-electron chi connectivity index (χ2n) is 6.44. The van der Waals surface area contributed by atoms with Crippen LogP contribution in [0, 0.1) is 33.6 Å². The zero-order valence-electron chi connectivity index (χ0n) is 14.3. The first kappa shape index (κ1) is 16.2. The lowest BCUT2D eigenvalue weighted by atomic mass is 9.96. The van der Waals surface area contributed by atoms with E-state index in [4.69, 9.17) is 0 Å². The van der Waals surface area contributed by atoms with Crippen molar-refractivity contribution in [2.24, 2.45) is 5.92 Å². The number of thiazole rings is 1. The molecule has 1 saturated heterocycles. The SMILES string of the molecule is Cc1nc(C)c(C(=O)N2CCC(Cn3c(C)cnc3C)CC2)s1. The van der Waals surface area contributed by atoms with Crippen LogP contribution in [0.1, 0.15) is 44.7 Å². The van der Waals surface area contributed by atoms with Crippen molar-refractivity contribution in [2.75, 3.05) is 13.1 Å². The summed E-state index contributed by atoms with van der Waals surface area (Å²) in [5.74, 6) is 1.85. The summed E-state index contributed by atoms with van der Waals surface area (Å²) in [6, 6.07) is 0. The number of carbonyl (C=O) groups is 1. The molecule has 0 saturated carbocycles. The first-order chi connectivity index (χ1) is 11.0. The Morgan fingerprint density at radius 2 is 1.96 bits per heavy atom. The molecule has 0 unspecified atom stereocenters. The fourth-order valence-electron chi connectivity index (χ4n) is 3.31. The first-order valence-electron chi connectivity index (χ1n) is 8.17. The van der Waals surface area contributed by atoms with E-state index in [0.29, 0.717) is 5.92 Å². The molecule has 0 N–H and O–H groups in total. The number of aromatic nitrogens is 3. The Bertz CT molecular complexity index is 691. The number of carbonyl (C=O) groups excluding carboxylic acids is 1. The van der Waals surface area contributed by atoms with Gasteiger partial charge in [-0.2, -0.15) is 0 Å². The van der Waals surface area contributed by atoms with Gasteiger partial charge in [0.1, 0.15) is 10.7 Å². The summed E-state index contributed by atoms with van der Waals surface area (Å²) < 4.78 is 2.29. The summed E-state index contributed by atoms with van der Waals surface area (Å²) in [6.45, 7) is 10.7. The lowest BCUT2D eigenvalue weighted by molar-refractivity contribution is 0.0686. The average Bonchev–Trinajstić information content (AvgIpc) is 3.03. The number of likely N-dealkylation sites (tertiary alicyclic amines) is 1. The standard InChI is InChI=1S/C17H24N4OS/c1-11-9-18-13(3)21(11)10-15-5-7-20(8-6-15)17(22)16-12(2)19-14(4)23-16/h9,15H,5-8,10H2,1-4H3. The normalized spacial score (nSPS) is 16.1. The Hall–Kier alpha value is -1.69. The molecule has 1 aliphatic heterocycles. The highest BCUT2D eigenvalue weighted by molar-refractivity contribution is 7.13. The van der Waals surface area contributed by atoms with E-state index in [9.17, 15) is 4.79 Å². The Labute approximate surface area is 141 Å². The fourth-order valence-corrected chi connectivity index (χ4v) is 4.20. The van der Waals surface area contributed by atoms with E-state index in [1.165, 1.54) is 17.0 Å². The van der Waals surface area contributed by atoms with Crippen LogP contribution in [-0.2, 0) is 6.54 Å². The summed E-state index contributed by atoms with van der Waals surface area (Å²) >= 11 is 1.51. The molecule has 3 rings (SSSR count). The minimum absolute atomic E-state index is 0.154. The van der Waals surface area contributed by atoms with Gasteiger partial charge in [-0.1, -0.05) is 0 Å². The van der Waals surface area contributed by atoms with Crippen molar-refractivity contribution in [2.45, 2.75) is 47.1 Å². The van der Waals surface area contributed by atoms with E-state index in [2.05, 4.69) is 28.4 Å². The van der Waals surface area contributed by atoms with Crippen molar-refractivity contribution in [3.05, 3.63) is 33.3 Å². The summed E-state index contributed by atoms with van der Waals surface area (Å²) in [7, 11) is 0. The number of nitrogens with zero attached hydrogens (tertiary/aromatic N) is 4. The van der Waals surface area contributed by atoms with Crippen molar-refractivity contribution in [1.82, 2.24) is 19.4 Å². The molecule has 23 heavy (non-hydrogen) atoms. The summed E-state index contributed by atoms with van der Waals surface area (Å²) in [6.07, 6.45) is 4.04. The molecule has 0 aliphatic carbocycles. The minimum atomic E-state index is 0.154. The number of piperidine rings is 1. The van der Waals surface area contributed by atoms with Crippen molar-refractivity contribution in [3.8, 4) is 0 Å². The fraction of sp³-hybridized carbons (Fsp3) is 0.588. The average molecular weight is 332 g/mol. The van der Waals surface area contributed by atoms with Gasteiger partial charge in [-0.25, -0.2) is 9.97 Å². The highest BCUT2D eigenvalue weighted by atomic mass is 32.1. The zero-order valence-corrected chi connectivity index (χ0v) is 15.1. The molecule has 0 aromatic carbocycles. The molecule has 3 heterocycles. The van der Waals surface area contributed by atoms with E-state index < -0.39 is 0 Å². The molecule has 0 atom stereocenters. The van der Waals surface area contributed by atoms with E-state index in [1.54, 1.807) is 0 Å². The van der Waals surface area contributed by atoms with Crippen LogP contribution in [0.3, 0.4) is 0 Å². The van der Waals surface area contributed by atoms with Crippen LogP contribution in [0.15, 0.2) is 6.20 Å². The topological polar surface area (TPSA) is 51.0 Å². The van der Waals surface area contributed by atoms with E-state index in [-0.39, 0.29) is 5.91 Å². The highest BCUT2D eigenvalue weighted by Crippen LogP contribution is 2.25. The van der Waals surface area contributed by atoms with Gasteiger partial charge in [0, 0.05) is 31.5 Å². The molecule has 5 nitrogen and oxygen atoms in total. The lowest BCUT2D eigenvalue weighted by Gasteiger charge is -2.32. The maximum absolute atomic E-state index is 12.6. The Morgan fingerprint density at radius 1 is 1.26 bits per heavy atom. The molecule has 1 amide bonds. The van der Waals surface area contributed by atoms with Gasteiger partial charge in [0.15, 0.2) is 0 Å². The van der Waals surface area contributed by atoms with Gasteiger partial charge in [0.25, 0.3) is 5.91 Å². The molecule has 6 heteroatoms. The Balaban J connectivity index is 1.60. The van der Waals surface area contributed by atoms with Crippen LogP contribution < -0.4 is 0 Å². The molecule has 0 spiro atoms. The third kappa shape index (κ3) is 3.32. The quantitative estimate of drug-likeness (QED) is 0.868. The molecular formula is C17H24N4OS. The Morgan fingerprint density at radius 3 is 2.48 bits per heavy atom. The molecule has 2 aromatic rings. The maximum atomic E-state index is 12.6. The van der Waals surface area contributed by atoms with E-state index >= 15 is 0 Å². The predicted octanol–water partition coefficient (Wildman–Crippen LogP) is 3.13. The Kier molecular flexibility index (Phi) is 4.53. The highest BCUT2D eigenvalue weighted by Gasteiger charge is 2.26. The van der Waals surface area contributed by atoms with Crippen LogP contribution in [0.25, 0.3) is 0 Å². The summed E-state index contributed by atoms with van der Waals surface area (Å²) in [4.78, 5) is 24.2. The van der Waals surface area contributed by atoms with Gasteiger partial charge >= 0.3 is 0 Å². The van der Waals surface area contributed by atoms with Gasteiger partial charge in [0.2, 0.25) is 0 Å². The minimum Gasteiger partial charge on any atom is -0.338 e. The van der Waals surface area contributed by atoms with Crippen LogP contribution >= 0.6 is 11.3 Å². The van der Waals surface area contributed by atoms with Gasteiger partial charge < -0.3 is 9.47 Å². The molecular weight excluding hydrogens is 308 g/mol. The van der Waals surface area contributed by atoms with Gasteiger partial charge in [-0.15, -0.1) is 11.3 Å². The summed E-state index contributed by atoms with van der Waals surface area (Å²) in [5.41, 5.74) is 2.08. The zero-order chi connectivity index (χ0) is 16.6. The van der Waals surface area contributed by atoms with Crippen molar-refractivity contribution < 1.29 is 4.79 Å². The molecule has 1 fully saturated rings. The predicted molar refractivity (Wildman–Crippen MR) is 91.9 cm³/mol. The second-order valence-corrected chi connectivity index (χ2v) is 7.64. The molecule has 1 aliphatic rings. The van der Waals surface area contributed by atoms with E-state index in [0.717, 1.165) is 53.9 Å². The van der Waals surface area contributed by atoms with Gasteiger partial charge in [0.05, 0.1) is 10.7 Å².